The predicted molar refractivity (Wildman–Crippen MR) is 140 cm³/mol. The summed E-state index contributed by atoms with van der Waals surface area (Å²) in [5, 5.41) is 3.96. The number of halogens is 2. The number of benzene rings is 3. The molecule has 0 bridgehead atoms. The quantitative estimate of drug-likeness (QED) is 0.142. The number of ether oxygens (including phenoxy) is 2. The van der Waals surface area contributed by atoms with Crippen LogP contribution in [-0.4, -0.2) is 34.3 Å². The van der Waals surface area contributed by atoms with Gasteiger partial charge in [-0.2, -0.15) is 13.5 Å². The van der Waals surface area contributed by atoms with Crippen LogP contribution in [0.1, 0.15) is 15.9 Å². The van der Waals surface area contributed by atoms with Crippen LogP contribution < -0.4 is 19.1 Å². The van der Waals surface area contributed by atoms with Crippen LogP contribution >= 0.6 is 31.9 Å². The Bertz CT molecular complexity index is 1360. The Hall–Kier alpha value is -3.15. The van der Waals surface area contributed by atoms with E-state index in [4.69, 9.17) is 13.7 Å². The number of amides is 1. The third-order valence-electron chi connectivity index (χ3n) is 4.41. The average Bonchev–Trinajstić information content (AvgIpc) is 2.85. The van der Waals surface area contributed by atoms with E-state index in [0.717, 1.165) is 0 Å². The lowest BCUT2D eigenvalue weighted by atomic mass is 10.2. The van der Waals surface area contributed by atoms with E-state index in [1.54, 1.807) is 48.5 Å². The zero-order valence-electron chi connectivity index (χ0n) is 18.4. The van der Waals surface area contributed by atoms with Crippen molar-refractivity contribution in [1.29, 1.82) is 0 Å². The molecule has 8 nitrogen and oxygen atoms in total. The predicted octanol–water partition coefficient (Wildman–Crippen LogP) is 5.32. The van der Waals surface area contributed by atoms with Crippen LogP contribution in [0.25, 0.3) is 0 Å². The van der Waals surface area contributed by atoms with Gasteiger partial charge in [0.25, 0.3) is 5.91 Å². The van der Waals surface area contributed by atoms with E-state index in [0.29, 0.717) is 32.6 Å². The van der Waals surface area contributed by atoms with Gasteiger partial charge in [-0.15, -0.1) is 0 Å². The van der Waals surface area contributed by atoms with Crippen LogP contribution in [0.2, 0.25) is 0 Å². The fourth-order valence-corrected chi connectivity index (χ4v) is 5.25. The Morgan fingerprint density at radius 2 is 1.83 bits per heavy atom. The van der Waals surface area contributed by atoms with E-state index in [1.807, 2.05) is 0 Å². The van der Waals surface area contributed by atoms with Crippen molar-refractivity contribution in [3.8, 4) is 17.2 Å². The first kappa shape index (κ1) is 26.5. The third-order valence-corrected chi connectivity index (χ3v) is 6.70. The summed E-state index contributed by atoms with van der Waals surface area (Å²) in [6, 6.07) is 15.7. The molecule has 0 heterocycles. The van der Waals surface area contributed by atoms with E-state index in [9.17, 15) is 13.2 Å². The first-order valence-corrected chi connectivity index (χ1v) is 13.0. The van der Waals surface area contributed by atoms with E-state index < -0.39 is 16.0 Å². The van der Waals surface area contributed by atoms with Crippen molar-refractivity contribution in [2.75, 3.05) is 13.7 Å². The molecule has 0 aliphatic rings. The van der Waals surface area contributed by atoms with Gasteiger partial charge in [0, 0.05) is 15.6 Å². The first-order valence-electron chi connectivity index (χ1n) is 9.99. The van der Waals surface area contributed by atoms with Crippen LogP contribution in [0.4, 0.5) is 0 Å². The highest BCUT2D eigenvalue weighted by molar-refractivity contribution is 9.11. The summed E-state index contributed by atoms with van der Waals surface area (Å²) in [6.07, 6.45) is 2.88. The Morgan fingerprint density at radius 1 is 1.09 bits per heavy atom. The molecule has 1 amide bonds. The monoisotopic (exact) mass is 622 g/mol. The van der Waals surface area contributed by atoms with Crippen molar-refractivity contribution < 1.29 is 26.9 Å². The molecule has 3 rings (SSSR count). The minimum Gasteiger partial charge on any atom is -0.493 e. The van der Waals surface area contributed by atoms with Gasteiger partial charge in [-0.25, -0.2) is 5.43 Å². The van der Waals surface area contributed by atoms with Crippen molar-refractivity contribution in [3.63, 3.8) is 0 Å². The van der Waals surface area contributed by atoms with E-state index >= 15 is 0 Å². The molecule has 0 fully saturated rings. The molecule has 0 aliphatic heterocycles. The Labute approximate surface area is 220 Å². The second-order valence-corrected chi connectivity index (χ2v) is 10.1. The number of carbonyl (C=O) groups excluding carboxylic acids is 1. The number of rotatable bonds is 10. The molecule has 0 aliphatic carbocycles. The van der Waals surface area contributed by atoms with Crippen molar-refractivity contribution in [1.82, 2.24) is 5.43 Å². The lowest BCUT2D eigenvalue weighted by molar-refractivity contribution is 0.0954. The van der Waals surface area contributed by atoms with Gasteiger partial charge < -0.3 is 13.7 Å². The molecular weight excluding hydrogens is 604 g/mol. The summed E-state index contributed by atoms with van der Waals surface area (Å²) in [6.45, 7) is 3.88. The molecule has 0 spiro atoms. The van der Waals surface area contributed by atoms with E-state index in [1.165, 1.54) is 31.5 Å². The molecule has 1 N–H and O–H groups in total. The summed E-state index contributed by atoms with van der Waals surface area (Å²) in [4.78, 5) is 12.6. The third kappa shape index (κ3) is 6.93. The maximum Gasteiger partial charge on any atom is 0.339 e. The fraction of sp³-hybridized carbons (Fsp3) is 0.0833. The number of carbonyl (C=O) groups is 1. The summed E-state index contributed by atoms with van der Waals surface area (Å²) in [7, 11) is -2.64. The average molecular weight is 624 g/mol. The van der Waals surface area contributed by atoms with Gasteiger partial charge in [0.15, 0.2) is 17.2 Å². The summed E-state index contributed by atoms with van der Waals surface area (Å²) < 4.78 is 42.6. The van der Waals surface area contributed by atoms with Gasteiger partial charge in [0.1, 0.15) is 11.5 Å². The number of nitrogens with one attached hydrogen (secondary N) is 1. The Morgan fingerprint density at radius 3 is 2.51 bits per heavy atom. The van der Waals surface area contributed by atoms with Gasteiger partial charge in [0.2, 0.25) is 0 Å². The zero-order chi connectivity index (χ0) is 25.4. The number of hydrogen-bond acceptors (Lipinski definition) is 7. The first-order chi connectivity index (χ1) is 16.7. The highest BCUT2D eigenvalue weighted by Gasteiger charge is 2.20. The summed E-state index contributed by atoms with van der Waals surface area (Å²) in [5.41, 5.74) is 2.99. The van der Waals surface area contributed by atoms with Crippen molar-refractivity contribution in [2.45, 2.75) is 4.90 Å². The van der Waals surface area contributed by atoms with Crippen LogP contribution in [0, 0.1) is 0 Å². The number of nitrogens with zero attached hydrogens (tertiary/aromatic N) is 1. The second-order valence-electron chi connectivity index (χ2n) is 6.82. The van der Waals surface area contributed by atoms with Crippen LogP contribution in [0.15, 0.2) is 92.3 Å². The smallest absolute Gasteiger partial charge is 0.339 e. The van der Waals surface area contributed by atoms with Crippen LogP contribution in [0.5, 0.6) is 17.2 Å². The van der Waals surface area contributed by atoms with Gasteiger partial charge in [-0.3, -0.25) is 4.79 Å². The molecule has 11 heteroatoms. The van der Waals surface area contributed by atoms with E-state index in [2.05, 4.69) is 49.0 Å². The molecule has 35 heavy (non-hydrogen) atoms. The maximum atomic E-state index is 12.7. The van der Waals surface area contributed by atoms with Crippen molar-refractivity contribution in [3.05, 3.63) is 93.4 Å². The Kier molecular flexibility index (Phi) is 9.07. The minimum atomic E-state index is -4.10. The highest BCUT2D eigenvalue weighted by atomic mass is 79.9. The number of methoxy groups -OCH3 is 1. The molecule has 0 radical (unpaired) electrons. The van der Waals surface area contributed by atoms with Gasteiger partial charge in [0.05, 0.1) is 17.8 Å². The second kappa shape index (κ2) is 12.0. The van der Waals surface area contributed by atoms with Crippen molar-refractivity contribution >= 4 is 54.1 Å². The zero-order valence-corrected chi connectivity index (χ0v) is 22.4. The summed E-state index contributed by atoms with van der Waals surface area (Å²) >= 11 is 6.67. The van der Waals surface area contributed by atoms with Crippen LogP contribution in [0.3, 0.4) is 0 Å². The molecule has 0 saturated carbocycles. The molecule has 0 atom stereocenters. The number of hydrazone groups is 1. The van der Waals surface area contributed by atoms with Gasteiger partial charge >= 0.3 is 10.1 Å². The van der Waals surface area contributed by atoms with E-state index in [-0.39, 0.29) is 16.2 Å². The van der Waals surface area contributed by atoms with Crippen molar-refractivity contribution in [2.24, 2.45) is 5.10 Å². The maximum absolute atomic E-state index is 12.7. The fourth-order valence-electron chi connectivity index (χ4n) is 2.81. The topological polar surface area (TPSA) is 103 Å². The number of hydrogen-bond donors (Lipinski definition) is 1. The molecule has 0 saturated heterocycles. The molecule has 0 aromatic heterocycles. The Balaban J connectivity index is 1.81. The van der Waals surface area contributed by atoms with Crippen LogP contribution in [-0.2, 0) is 10.1 Å². The highest BCUT2D eigenvalue weighted by Crippen LogP contribution is 2.34. The SMILES string of the molecule is C=CCOc1ccc(C(=O)N/N=C/c2cc(Br)cc(Br)c2OS(=O)(=O)c2ccccc2)cc1OC. The molecule has 182 valence electrons. The van der Waals surface area contributed by atoms with Gasteiger partial charge in [-0.05, 0) is 58.4 Å². The largest absolute Gasteiger partial charge is 0.493 e. The lowest BCUT2D eigenvalue weighted by Crippen LogP contribution is -2.18. The molecule has 3 aromatic rings. The minimum absolute atomic E-state index is 0.000439. The standard InChI is InChI=1S/C24H20Br2N2O6S/c1-3-11-33-21-10-9-16(13-22(21)32-2)24(29)28-27-15-17-12-18(25)14-20(26)23(17)34-35(30,31)19-7-5-4-6-8-19/h3-10,12-15H,1,11H2,2H3,(H,28,29)/b27-15+. The summed E-state index contributed by atoms with van der Waals surface area (Å²) in [5.74, 6) is 0.345. The lowest BCUT2D eigenvalue weighted by Gasteiger charge is -2.12. The molecule has 3 aromatic carbocycles. The normalized spacial score (nSPS) is 11.2. The molecular formula is C24H20Br2N2O6S. The molecule has 0 unspecified atom stereocenters. The van der Waals surface area contributed by atoms with Gasteiger partial charge in [-0.1, -0.05) is 46.8 Å².